The fraction of sp³-hybridized carbons (Fsp3) is 0.304. The maximum absolute atomic E-state index is 12.8. The van der Waals surface area contributed by atoms with Gasteiger partial charge in [-0.2, -0.15) is 0 Å². The number of nitrogens with one attached hydrogen (secondary N) is 1. The lowest BCUT2D eigenvalue weighted by Crippen LogP contribution is -2.37. The van der Waals surface area contributed by atoms with E-state index in [2.05, 4.69) is 37.3 Å². The van der Waals surface area contributed by atoms with Crippen molar-refractivity contribution in [1.82, 2.24) is 24.4 Å². The Morgan fingerprint density at radius 3 is 2.77 bits per heavy atom. The molecule has 158 valence electrons. The first kappa shape index (κ1) is 19.4. The number of hydrogen-bond donors (Lipinski definition) is 1. The number of carbonyl (C=O) groups excluding carboxylic acids is 1. The van der Waals surface area contributed by atoms with Gasteiger partial charge in [0.25, 0.3) is 0 Å². The fourth-order valence-electron chi connectivity index (χ4n) is 4.11. The summed E-state index contributed by atoms with van der Waals surface area (Å²) in [6, 6.07) is 8.14. The van der Waals surface area contributed by atoms with Gasteiger partial charge in [-0.15, -0.1) is 0 Å². The fourth-order valence-corrected chi connectivity index (χ4v) is 4.11. The van der Waals surface area contributed by atoms with Crippen molar-refractivity contribution in [2.75, 3.05) is 18.4 Å². The van der Waals surface area contributed by atoms with Crippen LogP contribution in [0, 0.1) is 5.92 Å². The first-order valence-electron chi connectivity index (χ1n) is 10.4. The Hall–Kier alpha value is -3.52. The molecule has 1 N–H and O–H groups in total. The molecule has 0 spiro atoms. The topological polar surface area (TPSA) is 89.1 Å². The van der Waals surface area contributed by atoms with Crippen molar-refractivity contribution in [3.63, 3.8) is 0 Å². The summed E-state index contributed by atoms with van der Waals surface area (Å²) in [6.07, 6.45) is 10.3. The summed E-state index contributed by atoms with van der Waals surface area (Å²) in [5.74, 6) is 1.32. The number of imidazole rings is 1. The minimum Gasteiger partial charge on any atom is -0.448 e. The Balaban J connectivity index is 1.24. The third-order valence-corrected chi connectivity index (χ3v) is 5.89. The lowest BCUT2D eigenvalue weighted by atomic mass is 9.96. The van der Waals surface area contributed by atoms with Crippen LogP contribution in [0.2, 0.25) is 0 Å². The van der Waals surface area contributed by atoms with E-state index in [1.54, 1.807) is 25.0 Å². The molecule has 0 radical (unpaired) electrons. The van der Waals surface area contributed by atoms with E-state index in [-0.39, 0.29) is 11.8 Å². The summed E-state index contributed by atoms with van der Waals surface area (Å²) in [7, 11) is 1.97. The number of oxazole rings is 1. The minimum absolute atomic E-state index is 0.0147. The summed E-state index contributed by atoms with van der Waals surface area (Å²) in [5, 5.41) is 5.08. The largest absolute Gasteiger partial charge is 0.448 e. The van der Waals surface area contributed by atoms with E-state index in [1.807, 2.05) is 29.9 Å². The monoisotopic (exact) mass is 416 g/mol. The molecule has 5 rings (SSSR count). The van der Waals surface area contributed by atoms with E-state index in [1.165, 1.54) is 0 Å². The molecule has 1 amide bonds. The Morgan fingerprint density at radius 2 is 2.03 bits per heavy atom. The summed E-state index contributed by atoms with van der Waals surface area (Å²) in [5.41, 5.74) is 2.12. The molecule has 0 bridgehead atoms. The third kappa shape index (κ3) is 4.20. The van der Waals surface area contributed by atoms with Gasteiger partial charge in [0.15, 0.2) is 0 Å². The van der Waals surface area contributed by atoms with Gasteiger partial charge in [-0.05, 0) is 43.5 Å². The highest BCUT2D eigenvalue weighted by molar-refractivity contribution is 5.95. The molecule has 8 nitrogen and oxygen atoms in total. The molecule has 3 aromatic heterocycles. The average molecular weight is 416 g/mol. The number of aromatic nitrogens is 4. The second-order valence-electron chi connectivity index (χ2n) is 7.99. The molecule has 8 heteroatoms. The van der Waals surface area contributed by atoms with E-state index in [4.69, 9.17) is 4.42 Å². The first-order valence-corrected chi connectivity index (χ1v) is 10.4. The smallest absolute Gasteiger partial charge is 0.228 e. The average Bonchev–Trinajstić information content (AvgIpc) is 3.45. The van der Waals surface area contributed by atoms with Crippen molar-refractivity contribution in [3.05, 3.63) is 61.3 Å². The maximum atomic E-state index is 12.8. The van der Waals surface area contributed by atoms with E-state index >= 15 is 0 Å². The van der Waals surface area contributed by atoms with Crippen molar-refractivity contribution in [2.24, 2.45) is 13.0 Å². The van der Waals surface area contributed by atoms with Crippen LogP contribution in [0.4, 0.5) is 5.82 Å². The van der Waals surface area contributed by atoms with Crippen molar-refractivity contribution in [2.45, 2.75) is 19.4 Å². The third-order valence-electron chi connectivity index (χ3n) is 5.89. The van der Waals surface area contributed by atoms with Crippen molar-refractivity contribution in [1.29, 1.82) is 0 Å². The quantitative estimate of drug-likeness (QED) is 0.536. The molecule has 0 atom stereocenters. The molecule has 1 aliphatic heterocycles. The van der Waals surface area contributed by atoms with E-state index < -0.39 is 0 Å². The molecule has 4 aromatic rings. The molecule has 1 saturated heterocycles. The van der Waals surface area contributed by atoms with Gasteiger partial charge in [-0.3, -0.25) is 9.69 Å². The molecule has 1 fully saturated rings. The van der Waals surface area contributed by atoms with Crippen molar-refractivity contribution in [3.8, 4) is 11.3 Å². The predicted octanol–water partition coefficient (Wildman–Crippen LogP) is 3.47. The van der Waals surface area contributed by atoms with Gasteiger partial charge in [0.2, 0.25) is 11.8 Å². The van der Waals surface area contributed by atoms with Gasteiger partial charge in [0, 0.05) is 30.1 Å². The van der Waals surface area contributed by atoms with Crippen LogP contribution >= 0.6 is 0 Å². The van der Waals surface area contributed by atoms with Gasteiger partial charge in [0.1, 0.15) is 12.1 Å². The molecular formula is C23H24N6O2. The highest BCUT2D eigenvalue weighted by Gasteiger charge is 2.26. The number of rotatable bonds is 5. The lowest BCUT2D eigenvalue weighted by molar-refractivity contribution is -0.121. The summed E-state index contributed by atoms with van der Waals surface area (Å²) in [6.45, 7) is 2.38. The number of benzene rings is 1. The normalized spacial score (nSPS) is 15.4. The molecule has 31 heavy (non-hydrogen) atoms. The molecule has 0 saturated carbocycles. The zero-order valence-electron chi connectivity index (χ0n) is 17.4. The predicted molar refractivity (Wildman–Crippen MR) is 117 cm³/mol. The van der Waals surface area contributed by atoms with Crippen LogP contribution < -0.4 is 5.32 Å². The van der Waals surface area contributed by atoms with Gasteiger partial charge >= 0.3 is 0 Å². The van der Waals surface area contributed by atoms with E-state index in [0.29, 0.717) is 18.3 Å². The standard InChI is InChI=1S/C23H24N6O2/c1-28-15-24-13-20(28)17-2-3-18-12-26-21(11-19(18)10-17)27-23(30)16-4-7-29(8-5-16)14-22-25-6-9-31-22/h2-3,6,9-13,15-16H,4-5,7-8,14H2,1H3,(H,26,27,30). The number of nitrogens with zero attached hydrogens (tertiary/aromatic N) is 5. The zero-order chi connectivity index (χ0) is 21.2. The van der Waals surface area contributed by atoms with Crippen molar-refractivity contribution >= 4 is 22.5 Å². The Morgan fingerprint density at radius 1 is 1.16 bits per heavy atom. The molecule has 0 aliphatic carbocycles. The first-order chi connectivity index (χ1) is 15.2. The van der Waals surface area contributed by atoms with Gasteiger partial charge in [0.05, 0.1) is 31.0 Å². The number of hydrogen-bond acceptors (Lipinski definition) is 6. The second-order valence-corrected chi connectivity index (χ2v) is 7.99. The molecule has 0 unspecified atom stereocenters. The zero-order valence-corrected chi connectivity index (χ0v) is 17.4. The van der Waals surface area contributed by atoms with E-state index in [9.17, 15) is 4.79 Å². The van der Waals surface area contributed by atoms with Crippen LogP contribution in [0.1, 0.15) is 18.7 Å². The Labute approximate surface area is 179 Å². The number of pyridine rings is 1. The molecule has 1 aliphatic rings. The van der Waals surface area contributed by atoms with Crippen LogP contribution in [0.3, 0.4) is 0 Å². The molecule has 4 heterocycles. The number of carbonyl (C=O) groups is 1. The Kier molecular flexibility index (Phi) is 5.21. The summed E-state index contributed by atoms with van der Waals surface area (Å²) >= 11 is 0. The molecular weight excluding hydrogens is 392 g/mol. The minimum atomic E-state index is -0.0147. The van der Waals surface area contributed by atoms with Crippen LogP contribution in [0.25, 0.3) is 22.0 Å². The van der Waals surface area contributed by atoms with Crippen molar-refractivity contribution < 1.29 is 9.21 Å². The number of anilines is 1. The highest BCUT2D eigenvalue weighted by Crippen LogP contribution is 2.26. The SMILES string of the molecule is Cn1cncc1-c1ccc2cnc(NC(=O)C3CCN(Cc4ncco4)CC3)cc2c1. The van der Waals surface area contributed by atoms with Gasteiger partial charge < -0.3 is 14.3 Å². The number of aryl methyl sites for hydroxylation is 1. The number of piperidine rings is 1. The van der Waals surface area contributed by atoms with Crippen LogP contribution in [0.15, 0.2) is 59.9 Å². The summed E-state index contributed by atoms with van der Waals surface area (Å²) < 4.78 is 7.30. The van der Waals surface area contributed by atoms with E-state index in [0.717, 1.165) is 48.0 Å². The maximum Gasteiger partial charge on any atom is 0.228 e. The van der Waals surface area contributed by atoms with Crippen LogP contribution in [-0.2, 0) is 18.4 Å². The lowest BCUT2D eigenvalue weighted by Gasteiger charge is -2.30. The van der Waals surface area contributed by atoms with Gasteiger partial charge in [-0.1, -0.05) is 12.1 Å². The second kappa shape index (κ2) is 8.31. The molecule has 1 aromatic carbocycles. The van der Waals surface area contributed by atoms with Crippen LogP contribution in [0.5, 0.6) is 0 Å². The van der Waals surface area contributed by atoms with Crippen LogP contribution in [-0.4, -0.2) is 43.4 Å². The Bertz CT molecular complexity index is 1190. The number of amides is 1. The van der Waals surface area contributed by atoms with Gasteiger partial charge in [-0.25, -0.2) is 15.0 Å². The number of likely N-dealkylation sites (tertiary alicyclic amines) is 1. The highest BCUT2D eigenvalue weighted by atomic mass is 16.3. The summed E-state index contributed by atoms with van der Waals surface area (Å²) in [4.78, 5) is 27.9. The number of fused-ring (bicyclic) bond motifs is 1.